The third-order valence-electron chi connectivity index (χ3n) is 5.63. The van der Waals surface area contributed by atoms with E-state index < -0.39 is 0 Å². The van der Waals surface area contributed by atoms with E-state index in [1.165, 1.54) is 35.4 Å². The molecule has 1 amide bonds. The SMILES string of the molecule is C#C.CC(C)C.O=C(NCCCN1CCC[C@@H]1CO)c1cc2cc3c(nc2s1)CCCC3. The molecule has 32 heavy (non-hydrogen) atoms. The van der Waals surface area contributed by atoms with Gasteiger partial charge in [-0.3, -0.25) is 9.69 Å². The van der Waals surface area contributed by atoms with Crippen LogP contribution in [0.5, 0.6) is 0 Å². The first-order valence-corrected chi connectivity index (χ1v) is 12.7. The summed E-state index contributed by atoms with van der Waals surface area (Å²) in [7, 11) is 0. The van der Waals surface area contributed by atoms with Crippen molar-refractivity contribution in [3.8, 4) is 12.8 Å². The first kappa shape index (κ1) is 26.3. The quantitative estimate of drug-likeness (QED) is 0.489. The van der Waals surface area contributed by atoms with E-state index in [1.807, 2.05) is 6.07 Å². The zero-order chi connectivity index (χ0) is 23.5. The van der Waals surface area contributed by atoms with Crippen LogP contribution in [-0.4, -0.2) is 53.2 Å². The first-order valence-electron chi connectivity index (χ1n) is 11.9. The van der Waals surface area contributed by atoms with Gasteiger partial charge in [0.05, 0.1) is 11.5 Å². The van der Waals surface area contributed by atoms with Crippen molar-refractivity contribution >= 4 is 27.5 Å². The average Bonchev–Trinajstić information content (AvgIpc) is 3.42. The number of nitrogens with zero attached hydrogens (tertiary/aromatic N) is 2. The fraction of sp³-hybridized carbons (Fsp3) is 0.615. The number of hydrogen-bond acceptors (Lipinski definition) is 5. The van der Waals surface area contributed by atoms with Crippen LogP contribution in [0.15, 0.2) is 12.1 Å². The van der Waals surface area contributed by atoms with Gasteiger partial charge in [0.1, 0.15) is 4.83 Å². The van der Waals surface area contributed by atoms with Gasteiger partial charge in [0.2, 0.25) is 0 Å². The molecule has 1 saturated heterocycles. The molecule has 0 bridgehead atoms. The van der Waals surface area contributed by atoms with Crippen molar-refractivity contribution in [2.75, 3.05) is 26.2 Å². The third kappa shape index (κ3) is 7.58. The maximum atomic E-state index is 12.5. The number of aromatic nitrogens is 1. The van der Waals surface area contributed by atoms with Crippen LogP contribution in [0.3, 0.4) is 0 Å². The maximum absolute atomic E-state index is 12.5. The van der Waals surface area contributed by atoms with Crippen LogP contribution in [0, 0.1) is 18.8 Å². The molecule has 2 aromatic heterocycles. The van der Waals surface area contributed by atoms with Crippen molar-refractivity contribution in [1.82, 2.24) is 15.2 Å². The summed E-state index contributed by atoms with van der Waals surface area (Å²) in [4.78, 5) is 21.3. The smallest absolute Gasteiger partial charge is 0.261 e. The van der Waals surface area contributed by atoms with Crippen molar-refractivity contribution in [2.24, 2.45) is 5.92 Å². The van der Waals surface area contributed by atoms with Crippen LogP contribution in [0.25, 0.3) is 10.2 Å². The second kappa shape index (κ2) is 13.6. The number of pyridine rings is 1. The summed E-state index contributed by atoms with van der Waals surface area (Å²) < 4.78 is 0. The summed E-state index contributed by atoms with van der Waals surface area (Å²) in [5, 5.41) is 13.5. The number of hydrogen-bond donors (Lipinski definition) is 2. The van der Waals surface area contributed by atoms with Gasteiger partial charge in [-0.1, -0.05) is 20.8 Å². The molecule has 0 saturated carbocycles. The molecule has 1 fully saturated rings. The Morgan fingerprint density at radius 2 is 1.97 bits per heavy atom. The molecule has 6 heteroatoms. The van der Waals surface area contributed by atoms with E-state index in [0.717, 1.165) is 66.2 Å². The van der Waals surface area contributed by atoms with Crippen LogP contribution < -0.4 is 5.32 Å². The van der Waals surface area contributed by atoms with Crippen LogP contribution in [0.2, 0.25) is 0 Å². The summed E-state index contributed by atoms with van der Waals surface area (Å²) in [6, 6.07) is 4.52. The van der Waals surface area contributed by atoms with Gasteiger partial charge in [0.25, 0.3) is 5.91 Å². The molecule has 0 spiro atoms. The lowest BCUT2D eigenvalue weighted by molar-refractivity contribution is 0.0953. The molecule has 2 N–H and O–H groups in total. The number of fused-ring (bicyclic) bond motifs is 2. The Bertz CT molecular complexity index is 829. The molecule has 176 valence electrons. The van der Waals surface area contributed by atoms with E-state index in [1.54, 1.807) is 0 Å². The topological polar surface area (TPSA) is 65.5 Å². The molecule has 3 heterocycles. The van der Waals surface area contributed by atoms with E-state index in [0.29, 0.717) is 12.6 Å². The minimum atomic E-state index is 0.00565. The standard InChI is InChI=1S/C20H27N3O2S.C4H10.C2H2/c24-13-16-6-3-9-23(16)10-4-8-21-19(25)18-12-15-11-14-5-1-2-7-17(14)22-20(15)26-18;1-4(2)3;1-2/h11-12,16,24H,1-10,13H2,(H,21,25);4H,1-3H3;1-2H/t16-;;/m1../s1. The highest BCUT2D eigenvalue weighted by Crippen LogP contribution is 2.29. The molecule has 2 aliphatic rings. The number of terminal acetylenes is 1. The molecule has 0 aromatic carbocycles. The normalized spacial score (nSPS) is 17.8. The van der Waals surface area contributed by atoms with Crippen molar-refractivity contribution in [3.05, 3.63) is 28.3 Å². The molecule has 2 aromatic rings. The predicted octanol–water partition coefficient (Wildman–Crippen LogP) is 4.66. The van der Waals surface area contributed by atoms with Crippen LogP contribution in [0.4, 0.5) is 0 Å². The zero-order valence-corrected chi connectivity index (χ0v) is 20.7. The highest BCUT2D eigenvalue weighted by molar-refractivity contribution is 7.20. The monoisotopic (exact) mass is 457 g/mol. The number of aliphatic hydroxyl groups is 1. The number of carbonyl (C=O) groups excluding carboxylic acids is 1. The van der Waals surface area contributed by atoms with E-state index in [9.17, 15) is 9.90 Å². The van der Waals surface area contributed by atoms with Gasteiger partial charge in [-0.05, 0) is 75.1 Å². The first-order chi connectivity index (χ1) is 15.5. The molecule has 4 rings (SSSR count). The molecular formula is C26H39N3O2S. The summed E-state index contributed by atoms with van der Waals surface area (Å²) >= 11 is 1.50. The average molecular weight is 458 g/mol. The Labute approximate surface area is 197 Å². The summed E-state index contributed by atoms with van der Waals surface area (Å²) in [6.07, 6.45) is 15.8. The molecular weight excluding hydrogens is 418 g/mol. The zero-order valence-electron chi connectivity index (χ0n) is 19.9. The van der Waals surface area contributed by atoms with Crippen molar-refractivity contribution in [3.63, 3.8) is 0 Å². The molecule has 1 aliphatic heterocycles. The number of thiophene rings is 1. The predicted molar refractivity (Wildman–Crippen MR) is 135 cm³/mol. The van der Waals surface area contributed by atoms with Crippen LogP contribution >= 0.6 is 11.3 Å². The van der Waals surface area contributed by atoms with Gasteiger partial charge in [-0.15, -0.1) is 24.2 Å². The van der Waals surface area contributed by atoms with Gasteiger partial charge < -0.3 is 10.4 Å². The number of nitrogens with one attached hydrogen (secondary N) is 1. The lowest BCUT2D eigenvalue weighted by Gasteiger charge is -2.22. The largest absolute Gasteiger partial charge is 0.395 e. The van der Waals surface area contributed by atoms with Crippen LogP contribution in [0.1, 0.15) is 73.8 Å². The number of carbonyl (C=O) groups is 1. The lowest BCUT2D eigenvalue weighted by Crippen LogP contribution is -2.35. The lowest BCUT2D eigenvalue weighted by atomic mass is 9.96. The molecule has 0 unspecified atom stereocenters. The summed E-state index contributed by atoms with van der Waals surface area (Å²) in [5.41, 5.74) is 2.58. The Morgan fingerprint density at radius 1 is 1.25 bits per heavy atom. The summed E-state index contributed by atoms with van der Waals surface area (Å²) in [6.45, 7) is 9.41. The molecule has 5 nitrogen and oxygen atoms in total. The Balaban J connectivity index is 0.000000547. The van der Waals surface area contributed by atoms with E-state index in [2.05, 4.69) is 49.9 Å². The Morgan fingerprint density at radius 3 is 2.69 bits per heavy atom. The van der Waals surface area contributed by atoms with Crippen LogP contribution in [-0.2, 0) is 12.8 Å². The van der Waals surface area contributed by atoms with E-state index in [4.69, 9.17) is 4.98 Å². The van der Waals surface area contributed by atoms with Crippen molar-refractivity contribution in [1.29, 1.82) is 0 Å². The van der Waals surface area contributed by atoms with E-state index >= 15 is 0 Å². The number of aryl methyl sites for hydroxylation is 2. The highest BCUT2D eigenvalue weighted by Gasteiger charge is 2.23. The number of likely N-dealkylation sites (tertiary alicyclic amines) is 1. The molecule has 0 radical (unpaired) electrons. The summed E-state index contributed by atoms with van der Waals surface area (Å²) in [5.74, 6) is 0.839. The third-order valence-corrected chi connectivity index (χ3v) is 6.67. The van der Waals surface area contributed by atoms with Gasteiger partial charge in [0, 0.05) is 30.2 Å². The fourth-order valence-corrected chi connectivity index (χ4v) is 5.12. The second-order valence-corrected chi connectivity index (χ2v) is 10.2. The van der Waals surface area contributed by atoms with E-state index in [-0.39, 0.29) is 12.5 Å². The van der Waals surface area contributed by atoms with Gasteiger partial charge in [0.15, 0.2) is 0 Å². The number of amides is 1. The number of rotatable bonds is 6. The van der Waals surface area contributed by atoms with Gasteiger partial charge in [-0.25, -0.2) is 4.98 Å². The Kier molecular flexibility index (Phi) is 11.2. The minimum Gasteiger partial charge on any atom is -0.395 e. The molecule has 1 atom stereocenters. The van der Waals surface area contributed by atoms with Gasteiger partial charge >= 0.3 is 0 Å². The number of aliphatic hydroxyl groups excluding tert-OH is 1. The fourth-order valence-electron chi connectivity index (χ4n) is 4.17. The van der Waals surface area contributed by atoms with Crippen molar-refractivity contribution in [2.45, 2.75) is 71.8 Å². The highest BCUT2D eigenvalue weighted by atomic mass is 32.1. The van der Waals surface area contributed by atoms with Crippen molar-refractivity contribution < 1.29 is 9.90 Å². The molecule has 1 aliphatic carbocycles. The maximum Gasteiger partial charge on any atom is 0.261 e. The van der Waals surface area contributed by atoms with Gasteiger partial charge in [-0.2, -0.15) is 0 Å². The second-order valence-electron chi connectivity index (χ2n) is 9.16. The minimum absolute atomic E-state index is 0.00565. The Hall–Kier alpha value is -1.94.